The molecule has 21 heavy (non-hydrogen) atoms. The molecule has 1 aromatic carbocycles. The van der Waals surface area contributed by atoms with Crippen molar-refractivity contribution >= 4 is 10.0 Å². The third-order valence-corrected chi connectivity index (χ3v) is 5.24. The van der Waals surface area contributed by atoms with Gasteiger partial charge in [-0.15, -0.1) is 0 Å². The Kier molecular flexibility index (Phi) is 5.01. The van der Waals surface area contributed by atoms with Gasteiger partial charge in [0.1, 0.15) is 10.7 Å². The number of rotatable bonds is 7. The molecule has 0 bridgehead atoms. The van der Waals surface area contributed by atoms with E-state index in [0.29, 0.717) is 12.5 Å². The molecule has 1 atom stereocenters. The minimum absolute atomic E-state index is 0.146. The van der Waals surface area contributed by atoms with Gasteiger partial charge in [-0.1, -0.05) is 19.9 Å². The van der Waals surface area contributed by atoms with Gasteiger partial charge in [-0.3, -0.25) is 0 Å². The second kappa shape index (κ2) is 6.42. The Morgan fingerprint density at radius 2 is 1.95 bits per heavy atom. The molecule has 1 aromatic rings. The van der Waals surface area contributed by atoms with Crippen molar-refractivity contribution in [1.82, 2.24) is 10.0 Å². The van der Waals surface area contributed by atoms with E-state index in [1.807, 2.05) is 20.8 Å². The van der Waals surface area contributed by atoms with E-state index in [4.69, 9.17) is 0 Å². The molecule has 0 amide bonds. The van der Waals surface area contributed by atoms with E-state index in [1.165, 1.54) is 12.1 Å². The van der Waals surface area contributed by atoms with E-state index < -0.39 is 15.8 Å². The smallest absolute Gasteiger partial charge is 0.243 e. The van der Waals surface area contributed by atoms with E-state index >= 15 is 0 Å². The highest BCUT2D eigenvalue weighted by Crippen LogP contribution is 2.33. The molecule has 2 rings (SSSR count). The Bertz CT molecular complexity index is 598. The summed E-state index contributed by atoms with van der Waals surface area (Å²) in [6.45, 7) is 6.34. The summed E-state index contributed by atoms with van der Waals surface area (Å²) in [5, 5.41) is 3.19. The second-order valence-electron chi connectivity index (χ2n) is 6.05. The molecule has 6 heteroatoms. The number of sulfonamides is 1. The zero-order chi connectivity index (χ0) is 15.6. The minimum atomic E-state index is -3.81. The Balaban J connectivity index is 2.18. The molecule has 1 fully saturated rings. The standard InChI is InChI=1S/C15H23FN2O2S/c1-10(2)17-9-12-4-7-14(16)15(8-12)21(19,20)18-11(3)13-5-6-13/h4,7-8,10-11,13,17-18H,5-6,9H2,1-3H3. The van der Waals surface area contributed by atoms with Gasteiger partial charge < -0.3 is 5.32 Å². The maximum atomic E-state index is 13.9. The van der Waals surface area contributed by atoms with Crippen molar-refractivity contribution in [2.75, 3.05) is 0 Å². The van der Waals surface area contributed by atoms with Gasteiger partial charge in [-0.25, -0.2) is 17.5 Å². The summed E-state index contributed by atoms with van der Waals surface area (Å²) < 4.78 is 41.1. The van der Waals surface area contributed by atoms with Gasteiger partial charge in [-0.05, 0) is 43.4 Å². The van der Waals surface area contributed by atoms with Crippen molar-refractivity contribution in [3.63, 3.8) is 0 Å². The molecule has 1 aliphatic rings. The van der Waals surface area contributed by atoms with E-state index in [2.05, 4.69) is 10.0 Å². The summed E-state index contributed by atoms with van der Waals surface area (Å²) in [6.07, 6.45) is 2.06. The van der Waals surface area contributed by atoms with Gasteiger partial charge in [0.25, 0.3) is 0 Å². The van der Waals surface area contributed by atoms with Gasteiger partial charge in [0.15, 0.2) is 0 Å². The van der Waals surface area contributed by atoms with Gasteiger partial charge in [-0.2, -0.15) is 0 Å². The molecule has 0 heterocycles. The van der Waals surface area contributed by atoms with Crippen molar-refractivity contribution < 1.29 is 12.8 Å². The Morgan fingerprint density at radius 3 is 2.52 bits per heavy atom. The van der Waals surface area contributed by atoms with Crippen LogP contribution in [0.5, 0.6) is 0 Å². The van der Waals surface area contributed by atoms with Crippen LogP contribution in [-0.2, 0) is 16.6 Å². The molecular weight excluding hydrogens is 291 g/mol. The van der Waals surface area contributed by atoms with Crippen LogP contribution in [0, 0.1) is 11.7 Å². The summed E-state index contributed by atoms with van der Waals surface area (Å²) in [4.78, 5) is -0.266. The molecule has 0 radical (unpaired) electrons. The quantitative estimate of drug-likeness (QED) is 0.812. The lowest BCUT2D eigenvalue weighted by Crippen LogP contribution is -2.34. The predicted octanol–water partition coefficient (Wildman–Crippen LogP) is 2.40. The molecule has 4 nitrogen and oxygen atoms in total. The number of hydrogen-bond donors (Lipinski definition) is 2. The van der Waals surface area contributed by atoms with Gasteiger partial charge >= 0.3 is 0 Å². The Hall–Kier alpha value is -0.980. The van der Waals surface area contributed by atoms with Gasteiger partial charge in [0, 0.05) is 18.6 Å². The van der Waals surface area contributed by atoms with Crippen LogP contribution in [0.4, 0.5) is 4.39 Å². The van der Waals surface area contributed by atoms with E-state index in [9.17, 15) is 12.8 Å². The van der Waals surface area contributed by atoms with Crippen LogP contribution in [0.1, 0.15) is 39.2 Å². The van der Waals surface area contributed by atoms with Crippen molar-refractivity contribution in [3.05, 3.63) is 29.6 Å². The maximum absolute atomic E-state index is 13.9. The third-order valence-electron chi connectivity index (χ3n) is 3.67. The van der Waals surface area contributed by atoms with Crippen LogP contribution in [0.25, 0.3) is 0 Å². The molecule has 118 valence electrons. The fraction of sp³-hybridized carbons (Fsp3) is 0.600. The highest BCUT2D eigenvalue weighted by Gasteiger charge is 2.32. The lowest BCUT2D eigenvalue weighted by molar-refractivity contribution is 0.525. The fourth-order valence-corrected chi connectivity index (χ4v) is 3.63. The van der Waals surface area contributed by atoms with Crippen molar-refractivity contribution in [3.8, 4) is 0 Å². The molecule has 0 aliphatic heterocycles. The lowest BCUT2D eigenvalue weighted by atomic mass is 10.2. The summed E-state index contributed by atoms with van der Waals surface area (Å²) in [5.74, 6) is -0.326. The Labute approximate surface area is 126 Å². The van der Waals surface area contributed by atoms with E-state index in [-0.39, 0.29) is 17.0 Å². The van der Waals surface area contributed by atoms with Crippen LogP contribution in [0.15, 0.2) is 23.1 Å². The molecular formula is C15H23FN2O2S. The zero-order valence-corrected chi connectivity index (χ0v) is 13.5. The molecule has 1 unspecified atom stereocenters. The first-order valence-electron chi connectivity index (χ1n) is 7.33. The summed E-state index contributed by atoms with van der Waals surface area (Å²) in [7, 11) is -3.81. The van der Waals surface area contributed by atoms with Crippen LogP contribution in [0.3, 0.4) is 0 Å². The highest BCUT2D eigenvalue weighted by molar-refractivity contribution is 7.89. The summed E-state index contributed by atoms with van der Waals surface area (Å²) in [6, 6.07) is 4.36. The van der Waals surface area contributed by atoms with Gasteiger partial charge in [0.05, 0.1) is 0 Å². The Morgan fingerprint density at radius 1 is 1.29 bits per heavy atom. The number of nitrogens with one attached hydrogen (secondary N) is 2. The average Bonchev–Trinajstić information content (AvgIpc) is 3.21. The molecule has 0 saturated heterocycles. The van der Waals surface area contributed by atoms with E-state index in [0.717, 1.165) is 18.4 Å². The van der Waals surface area contributed by atoms with Crippen molar-refractivity contribution in [2.24, 2.45) is 5.92 Å². The van der Waals surface area contributed by atoms with Crippen LogP contribution >= 0.6 is 0 Å². The fourth-order valence-electron chi connectivity index (χ4n) is 2.19. The first-order chi connectivity index (χ1) is 9.79. The second-order valence-corrected chi connectivity index (χ2v) is 7.73. The summed E-state index contributed by atoms with van der Waals surface area (Å²) >= 11 is 0. The third kappa shape index (κ3) is 4.49. The number of hydrogen-bond acceptors (Lipinski definition) is 3. The topological polar surface area (TPSA) is 58.2 Å². The van der Waals surface area contributed by atoms with Crippen LogP contribution in [0.2, 0.25) is 0 Å². The zero-order valence-electron chi connectivity index (χ0n) is 12.7. The maximum Gasteiger partial charge on any atom is 0.243 e. The predicted molar refractivity (Wildman–Crippen MR) is 80.9 cm³/mol. The average molecular weight is 314 g/mol. The molecule has 0 spiro atoms. The molecule has 1 saturated carbocycles. The molecule has 1 aliphatic carbocycles. The molecule has 0 aromatic heterocycles. The van der Waals surface area contributed by atoms with E-state index in [1.54, 1.807) is 6.07 Å². The van der Waals surface area contributed by atoms with Gasteiger partial charge in [0.2, 0.25) is 10.0 Å². The first-order valence-corrected chi connectivity index (χ1v) is 8.82. The normalized spacial score (nSPS) is 17.2. The number of halogens is 1. The molecule has 2 N–H and O–H groups in total. The first kappa shape index (κ1) is 16.4. The summed E-state index contributed by atoms with van der Waals surface area (Å²) in [5.41, 5.74) is 0.754. The monoisotopic (exact) mass is 314 g/mol. The number of benzene rings is 1. The van der Waals surface area contributed by atoms with Crippen molar-refractivity contribution in [2.45, 2.75) is 57.1 Å². The highest BCUT2D eigenvalue weighted by atomic mass is 32.2. The lowest BCUT2D eigenvalue weighted by Gasteiger charge is -2.15. The van der Waals surface area contributed by atoms with Crippen LogP contribution in [-0.4, -0.2) is 20.5 Å². The SMILES string of the molecule is CC(C)NCc1ccc(F)c(S(=O)(=O)NC(C)C2CC2)c1. The largest absolute Gasteiger partial charge is 0.310 e. The van der Waals surface area contributed by atoms with Crippen LogP contribution < -0.4 is 10.0 Å². The minimum Gasteiger partial charge on any atom is -0.310 e. The van der Waals surface area contributed by atoms with Crippen molar-refractivity contribution in [1.29, 1.82) is 0 Å².